The van der Waals surface area contributed by atoms with Gasteiger partial charge in [0.15, 0.2) is 0 Å². The second-order valence-corrected chi connectivity index (χ2v) is 6.77. The van der Waals surface area contributed by atoms with Gasteiger partial charge in [0.2, 0.25) is 5.91 Å². The molecule has 4 aromatic rings. The lowest BCUT2D eigenvalue weighted by Crippen LogP contribution is -2.18. The Morgan fingerprint density at radius 3 is 2.68 bits per heavy atom. The van der Waals surface area contributed by atoms with Gasteiger partial charge in [-0.25, -0.2) is 9.78 Å². The van der Waals surface area contributed by atoms with Crippen LogP contribution in [0.2, 0.25) is 0 Å². The maximum absolute atomic E-state index is 12.7. The Morgan fingerprint density at radius 2 is 1.87 bits per heavy atom. The molecule has 1 N–H and O–H groups in total. The van der Waals surface area contributed by atoms with Gasteiger partial charge in [0.1, 0.15) is 12.2 Å². The number of hydrogen-bond donors (Lipinski definition) is 1. The number of carbonyl (C=O) groups is 2. The third-order valence-corrected chi connectivity index (χ3v) is 4.65. The van der Waals surface area contributed by atoms with Crippen LogP contribution in [-0.4, -0.2) is 28.5 Å². The number of rotatable bonds is 4. The van der Waals surface area contributed by atoms with Gasteiger partial charge in [-0.15, -0.1) is 0 Å². The molecule has 0 radical (unpaired) electrons. The number of fused-ring (bicyclic) bond motifs is 1. The van der Waals surface area contributed by atoms with Crippen LogP contribution in [0.15, 0.2) is 79.1 Å². The van der Waals surface area contributed by atoms with Gasteiger partial charge in [-0.3, -0.25) is 4.79 Å². The zero-order valence-electron chi connectivity index (χ0n) is 16.8. The molecule has 2 aromatic heterocycles. The minimum Gasteiger partial charge on any atom is -0.465 e. The van der Waals surface area contributed by atoms with Crippen molar-refractivity contribution in [3.05, 3.63) is 95.9 Å². The van der Waals surface area contributed by atoms with E-state index >= 15 is 0 Å². The smallest absolute Gasteiger partial charge is 0.340 e. The van der Waals surface area contributed by atoms with Gasteiger partial charge >= 0.3 is 5.97 Å². The number of para-hydroxylation sites is 1. The first kappa shape index (κ1) is 19.9. The Hall–Kier alpha value is -4.37. The Balaban J connectivity index is 1.51. The van der Waals surface area contributed by atoms with E-state index in [1.807, 2.05) is 60.7 Å². The van der Waals surface area contributed by atoms with Crippen LogP contribution in [0.4, 0.5) is 5.69 Å². The number of hydrogen-bond acceptors (Lipinski definition) is 4. The van der Waals surface area contributed by atoms with Crippen LogP contribution in [0.25, 0.3) is 10.9 Å². The summed E-state index contributed by atoms with van der Waals surface area (Å²) < 4.78 is 6.59. The first-order valence-corrected chi connectivity index (χ1v) is 9.63. The lowest BCUT2D eigenvalue weighted by molar-refractivity contribution is -0.116. The summed E-state index contributed by atoms with van der Waals surface area (Å²) in [7, 11) is 1.34. The summed E-state index contributed by atoms with van der Waals surface area (Å²) >= 11 is 0. The highest BCUT2D eigenvalue weighted by molar-refractivity contribution is 6.05. The molecular weight excluding hydrogens is 390 g/mol. The first-order valence-electron chi connectivity index (χ1n) is 9.63. The average Bonchev–Trinajstić information content (AvgIpc) is 3.16. The number of aromatic nitrogens is 2. The molecule has 0 aliphatic rings. The van der Waals surface area contributed by atoms with E-state index in [2.05, 4.69) is 22.1 Å². The van der Waals surface area contributed by atoms with Gasteiger partial charge < -0.3 is 14.6 Å². The van der Waals surface area contributed by atoms with Gasteiger partial charge in [-0.1, -0.05) is 36.3 Å². The molecule has 4 rings (SSSR count). The number of anilines is 1. The lowest BCUT2D eigenvalue weighted by atomic mass is 10.2. The van der Waals surface area contributed by atoms with E-state index < -0.39 is 5.97 Å². The van der Waals surface area contributed by atoms with Crippen LogP contribution < -0.4 is 5.32 Å². The summed E-state index contributed by atoms with van der Waals surface area (Å²) in [6, 6.07) is 20.3. The van der Waals surface area contributed by atoms with Gasteiger partial charge in [0.25, 0.3) is 0 Å². The Bertz CT molecular complexity index is 1310. The van der Waals surface area contributed by atoms with Crippen molar-refractivity contribution in [2.75, 3.05) is 12.4 Å². The highest BCUT2D eigenvalue weighted by Gasteiger charge is 2.16. The zero-order valence-corrected chi connectivity index (χ0v) is 16.8. The third kappa shape index (κ3) is 4.62. The molecule has 0 spiro atoms. The van der Waals surface area contributed by atoms with Crippen molar-refractivity contribution in [2.45, 2.75) is 6.54 Å². The molecule has 6 heteroatoms. The number of benzene rings is 2. The average molecular weight is 409 g/mol. The highest BCUT2D eigenvalue weighted by atomic mass is 16.5. The van der Waals surface area contributed by atoms with Crippen LogP contribution in [-0.2, 0) is 16.1 Å². The molecular formula is C25H19N3O3. The molecule has 0 fully saturated rings. The quantitative estimate of drug-likeness (QED) is 0.410. The summed E-state index contributed by atoms with van der Waals surface area (Å²) in [6.45, 7) is 0.0569. The van der Waals surface area contributed by atoms with Crippen molar-refractivity contribution in [2.24, 2.45) is 0 Å². The lowest BCUT2D eigenvalue weighted by Gasteiger charge is -2.08. The van der Waals surface area contributed by atoms with E-state index in [9.17, 15) is 9.59 Å². The molecule has 2 heterocycles. The highest BCUT2D eigenvalue weighted by Crippen LogP contribution is 2.22. The van der Waals surface area contributed by atoms with E-state index in [-0.39, 0.29) is 12.5 Å². The number of nitrogens with zero attached hydrogens (tertiary/aromatic N) is 2. The number of carbonyl (C=O) groups excluding carboxylic acids is 2. The van der Waals surface area contributed by atoms with Crippen molar-refractivity contribution in [3.8, 4) is 11.8 Å². The normalized spacial score (nSPS) is 10.2. The second-order valence-electron chi connectivity index (χ2n) is 6.77. The Kier molecular flexibility index (Phi) is 5.77. The second kappa shape index (κ2) is 8.97. The molecule has 0 saturated carbocycles. The number of nitrogens with one attached hydrogen (secondary N) is 1. The maximum atomic E-state index is 12.7. The van der Waals surface area contributed by atoms with Gasteiger partial charge in [-0.05, 0) is 42.3 Å². The third-order valence-electron chi connectivity index (χ3n) is 4.65. The van der Waals surface area contributed by atoms with E-state index in [0.29, 0.717) is 16.9 Å². The summed E-state index contributed by atoms with van der Waals surface area (Å²) in [5.74, 6) is 5.40. The van der Waals surface area contributed by atoms with Crippen LogP contribution in [0.5, 0.6) is 0 Å². The van der Waals surface area contributed by atoms with Gasteiger partial charge in [0, 0.05) is 34.5 Å². The van der Waals surface area contributed by atoms with Crippen molar-refractivity contribution < 1.29 is 14.3 Å². The van der Waals surface area contributed by atoms with E-state index in [1.54, 1.807) is 23.0 Å². The standard InChI is InChI=1S/C25H19N3O3/c1-31-25(30)22-16-28(23-11-3-2-10-21(22)23)17-24(29)27-20-9-6-7-18(15-20)12-13-19-8-4-5-14-26-19/h2-11,14-16H,17H2,1H3,(H,27,29). The molecule has 0 aliphatic heterocycles. The predicted molar refractivity (Wildman–Crippen MR) is 119 cm³/mol. The van der Waals surface area contributed by atoms with Crippen molar-refractivity contribution in [3.63, 3.8) is 0 Å². The molecule has 0 atom stereocenters. The zero-order chi connectivity index (χ0) is 21.6. The topological polar surface area (TPSA) is 73.2 Å². The number of amides is 1. The van der Waals surface area contributed by atoms with Crippen molar-refractivity contribution in [1.82, 2.24) is 9.55 Å². The molecule has 0 bridgehead atoms. The van der Waals surface area contributed by atoms with Crippen LogP contribution in [0, 0.1) is 11.8 Å². The number of esters is 1. The molecule has 0 aliphatic carbocycles. The first-order chi connectivity index (χ1) is 15.1. The van der Waals surface area contributed by atoms with Crippen molar-refractivity contribution >= 4 is 28.5 Å². The minimum absolute atomic E-state index is 0.0569. The number of methoxy groups -OCH3 is 1. The molecule has 0 unspecified atom stereocenters. The monoisotopic (exact) mass is 409 g/mol. The fraction of sp³-hybridized carbons (Fsp3) is 0.0800. The van der Waals surface area contributed by atoms with Crippen LogP contribution >= 0.6 is 0 Å². The summed E-state index contributed by atoms with van der Waals surface area (Å²) in [5.41, 5.74) is 3.30. The van der Waals surface area contributed by atoms with E-state index in [0.717, 1.165) is 16.5 Å². The van der Waals surface area contributed by atoms with E-state index in [1.165, 1.54) is 7.11 Å². The molecule has 1 amide bonds. The Labute approximate surface area is 179 Å². The Morgan fingerprint density at radius 1 is 1.03 bits per heavy atom. The minimum atomic E-state index is -0.436. The fourth-order valence-electron chi connectivity index (χ4n) is 3.25. The predicted octanol–water partition coefficient (Wildman–Crippen LogP) is 3.86. The van der Waals surface area contributed by atoms with Crippen LogP contribution in [0.1, 0.15) is 21.6 Å². The molecule has 6 nitrogen and oxygen atoms in total. The SMILES string of the molecule is COC(=O)c1cn(CC(=O)Nc2cccc(C#Cc3ccccn3)c2)c2ccccc12. The maximum Gasteiger partial charge on any atom is 0.340 e. The fourth-order valence-corrected chi connectivity index (χ4v) is 3.25. The molecule has 152 valence electrons. The summed E-state index contributed by atoms with van der Waals surface area (Å²) in [6.07, 6.45) is 3.34. The molecule has 31 heavy (non-hydrogen) atoms. The van der Waals surface area contributed by atoms with E-state index in [4.69, 9.17) is 4.74 Å². The van der Waals surface area contributed by atoms with Gasteiger partial charge in [0.05, 0.1) is 12.7 Å². The molecule has 0 saturated heterocycles. The summed E-state index contributed by atoms with van der Waals surface area (Å²) in [4.78, 5) is 28.9. The van der Waals surface area contributed by atoms with Gasteiger partial charge in [-0.2, -0.15) is 0 Å². The molecule has 2 aromatic carbocycles. The largest absolute Gasteiger partial charge is 0.465 e. The van der Waals surface area contributed by atoms with Crippen molar-refractivity contribution in [1.29, 1.82) is 0 Å². The number of ether oxygens (including phenoxy) is 1. The number of pyridine rings is 1. The summed E-state index contributed by atoms with van der Waals surface area (Å²) in [5, 5.41) is 3.63. The van der Waals surface area contributed by atoms with Crippen LogP contribution in [0.3, 0.4) is 0 Å².